The number of aliphatic hydroxyl groups is 1. The average Bonchev–Trinajstić information content (AvgIpc) is 3.12. The summed E-state index contributed by atoms with van der Waals surface area (Å²) in [6.07, 6.45) is 1.73. The lowest BCUT2D eigenvalue weighted by Gasteiger charge is -2.01. The number of hydrogen-bond donors (Lipinski definition) is 2. The number of nitrogens with one attached hydrogen (secondary N) is 1. The van der Waals surface area contributed by atoms with Crippen LogP contribution in [0.2, 0.25) is 0 Å². The van der Waals surface area contributed by atoms with Crippen molar-refractivity contribution in [1.82, 2.24) is 23.9 Å². The average molecular weight is 388 g/mol. The van der Waals surface area contributed by atoms with E-state index in [0.717, 1.165) is 11.3 Å². The van der Waals surface area contributed by atoms with E-state index >= 15 is 0 Å². The van der Waals surface area contributed by atoms with Gasteiger partial charge in [-0.15, -0.1) is 0 Å². The summed E-state index contributed by atoms with van der Waals surface area (Å²) in [6, 6.07) is 8.01. The molecule has 122 valence electrons. The van der Waals surface area contributed by atoms with Crippen molar-refractivity contribution in [3.8, 4) is 11.3 Å². The fourth-order valence-corrected chi connectivity index (χ4v) is 3.23. The zero-order valence-electron chi connectivity index (χ0n) is 12.8. The standard InChI is InChI=1S/C16H14BrN5O2/c1-9-2-4-10(5-3-9)11-8-22-14(24)12-13(20-16(22)18-11)21(6-7-23)15(17)19-12/h2-5,8,23H,6-7H2,1H3,(H,18,20). The Kier molecular flexibility index (Phi) is 3.50. The van der Waals surface area contributed by atoms with Gasteiger partial charge in [-0.25, -0.2) is 9.38 Å². The Morgan fingerprint density at radius 1 is 1.25 bits per heavy atom. The van der Waals surface area contributed by atoms with Crippen molar-refractivity contribution in [3.63, 3.8) is 0 Å². The van der Waals surface area contributed by atoms with Crippen LogP contribution in [0, 0.1) is 6.92 Å². The number of imidazole rings is 2. The first kappa shape index (κ1) is 15.1. The second-order valence-electron chi connectivity index (χ2n) is 5.57. The molecule has 0 saturated heterocycles. The summed E-state index contributed by atoms with van der Waals surface area (Å²) < 4.78 is 3.60. The molecule has 24 heavy (non-hydrogen) atoms. The number of aromatic amines is 1. The van der Waals surface area contributed by atoms with E-state index in [0.29, 0.717) is 22.7 Å². The fraction of sp³-hybridized carbons (Fsp3) is 0.188. The molecule has 0 aliphatic heterocycles. The van der Waals surface area contributed by atoms with Crippen molar-refractivity contribution in [3.05, 3.63) is 51.1 Å². The summed E-state index contributed by atoms with van der Waals surface area (Å²) >= 11 is 3.31. The summed E-state index contributed by atoms with van der Waals surface area (Å²) in [6.45, 7) is 2.27. The van der Waals surface area contributed by atoms with Crippen LogP contribution in [0.3, 0.4) is 0 Å². The number of fused-ring (bicyclic) bond motifs is 2. The van der Waals surface area contributed by atoms with E-state index in [9.17, 15) is 9.90 Å². The number of rotatable bonds is 3. The molecule has 4 rings (SSSR count). The number of benzene rings is 1. The van der Waals surface area contributed by atoms with Gasteiger partial charge in [0.15, 0.2) is 15.9 Å². The molecule has 0 amide bonds. The summed E-state index contributed by atoms with van der Waals surface area (Å²) in [5.41, 5.74) is 3.41. The van der Waals surface area contributed by atoms with Crippen LogP contribution in [-0.4, -0.2) is 35.6 Å². The summed E-state index contributed by atoms with van der Waals surface area (Å²) in [5, 5.41) is 9.19. The van der Waals surface area contributed by atoms with Crippen LogP contribution < -0.4 is 5.56 Å². The van der Waals surface area contributed by atoms with E-state index in [-0.39, 0.29) is 17.7 Å². The Morgan fingerprint density at radius 2 is 2.00 bits per heavy atom. The van der Waals surface area contributed by atoms with Gasteiger partial charge in [0.25, 0.3) is 5.56 Å². The molecule has 0 bridgehead atoms. The Hall–Kier alpha value is -2.45. The van der Waals surface area contributed by atoms with E-state index in [1.54, 1.807) is 10.8 Å². The molecule has 4 aromatic rings. The molecular formula is C16H14BrN5O2. The molecule has 3 aromatic heterocycles. The van der Waals surface area contributed by atoms with E-state index in [1.807, 2.05) is 31.2 Å². The third-order valence-electron chi connectivity index (χ3n) is 3.95. The predicted molar refractivity (Wildman–Crippen MR) is 94.1 cm³/mol. The molecular weight excluding hydrogens is 374 g/mol. The normalized spacial score (nSPS) is 11.6. The SMILES string of the molecule is Cc1ccc(-c2cn3c(=O)c4nc(Br)n(CCO)c4nc3[nH]2)cc1. The number of nitrogens with zero attached hydrogens (tertiary/aromatic N) is 4. The Morgan fingerprint density at radius 3 is 2.71 bits per heavy atom. The summed E-state index contributed by atoms with van der Waals surface area (Å²) in [4.78, 5) is 24.6. The van der Waals surface area contributed by atoms with Crippen LogP contribution in [0.25, 0.3) is 28.2 Å². The molecule has 0 spiro atoms. The molecule has 0 saturated carbocycles. The van der Waals surface area contributed by atoms with Crippen molar-refractivity contribution in [1.29, 1.82) is 0 Å². The van der Waals surface area contributed by atoms with Crippen LogP contribution in [-0.2, 0) is 6.54 Å². The van der Waals surface area contributed by atoms with Crippen molar-refractivity contribution in [2.45, 2.75) is 13.5 Å². The van der Waals surface area contributed by atoms with Gasteiger partial charge in [-0.3, -0.25) is 4.79 Å². The number of H-pyrrole nitrogens is 1. The highest BCUT2D eigenvalue weighted by Crippen LogP contribution is 2.21. The molecule has 1 aromatic carbocycles. The van der Waals surface area contributed by atoms with E-state index in [4.69, 9.17) is 0 Å². The molecule has 2 N–H and O–H groups in total. The van der Waals surface area contributed by atoms with Gasteiger partial charge in [0.1, 0.15) is 0 Å². The minimum absolute atomic E-state index is 0.0650. The first-order chi connectivity index (χ1) is 11.6. The fourth-order valence-electron chi connectivity index (χ4n) is 2.71. The van der Waals surface area contributed by atoms with Crippen LogP contribution in [0.4, 0.5) is 0 Å². The lowest BCUT2D eigenvalue weighted by atomic mass is 10.1. The van der Waals surface area contributed by atoms with Gasteiger partial charge in [0, 0.05) is 12.7 Å². The Bertz CT molecular complexity index is 1110. The zero-order chi connectivity index (χ0) is 16.8. The summed E-state index contributed by atoms with van der Waals surface area (Å²) in [7, 11) is 0. The highest BCUT2D eigenvalue weighted by atomic mass is 79.9. The van der Waals surface area contributed by atoms with Gasteiger partial charge in [0.05, 0.1) is 12.3 Å². The minimum Gasteiger partial charge on any atom is -0.395 e. The van der Waals surface area contributed by atoms with Gasteiger partial charge in [0.2, 0.25) is 5.78 Å². The van der Waals surface area contributed by atoms with Gasteiger partial charge in [-0.05, 0) is 28.4 Å². The quantitative estimate of drug-likeness (QED) is 0.526. The highest BCUT2D eigenvalue weighted by Gasteiger charge is 2.16. The highest BCUT2D eigenvalue weighted by molar-refractivity contribution is 9.10. The Labute approximate surface area is 144 Å². The topological polar surface area (TPSA) is 88.2 Å². The maximum absolute atomic E-state index is 12.7. The lowest BCUT2D eigenvalue weighted by Crippen LogP contribution is -2.14. The maximum Gasteiger partial charge on any atom is 0.287 e. The molecule has 8 heteroatoms. The first-order valence-electron chi connectivity index (χ1n) is 7.43. The van der Waals surface area contributed by atoms with Gasteiger partial charge >= 0.3 is 0 Å². The van der Waals surface area contributed by atoms with Gasteiger partial charge in [-0.1, -0.05) is 29.8 Å². The monoisotopic (exact) mass is 387 g/mol. The second kappa shape index (κ2) is 5.57. The van der Waals surface area contributed by atoms with Crippen LogP contribution in [0.15, 0.2) is 40.0 Å². The predicted octanol–water partition coefficient (Wildman–Crippen LogP) is 2.10. The number of aryl methyl sites for hydroxylation is 1. The van der Waals surface area contributed by atoms with Crippen molar-refractivity contribution >= 4 is 32.9 Å². The van der Waals surface area contributed by atoms with E-state index in [2.05, 4.69) is 30.9 Å². The molecule has 0 unspecified atom stereocenters. The number of aliphatic hydroxyl groups excluding tert-OH is 1. The number of aromatic nitrogens is 5. The summed E-state index contributed by atoms with van der Waals surface area (Å²) in [5.74, 6) is 0.440. The molecule has 3 heterocycles. The number of halogens is 1. The van der Waals surface area contributed by atoms with Crippen molar-refractivity contribution < 1.29 is 5.11 Å². The Balaban J connectivity index is 1.97. The zero-order valence-corrected chi connectivity index (χ0v) is 14.4. The maximum atomic E-state index is 12.7. The molecule has 0 atom stereocenters. The third kappa shape index (κ3) is 2.26. The van der Waals surface area contributed by atoms with Crippen LogP contribution in [0.1, 0.15) is 5.56 Å². The van der Waals surface area contributed by atoms with Gasteiger partial charge < -0.3 is 14.7 Å². The molecule has 0 fully saturated rings. The van der Waals surface area contributed by atoms with E-state index in [1.165, 1.54) is 9.96 Å². The molecule has 7 nitrogen and oxygen atoms in total. The minimum atomic E-state index is -0.248. The third-order valence-corrected chi connectivity index (χ3v) is 4.55. The van der Waals surface area contributed by atoms with Crippen LogP contribution in [0.5, 0.6) is 0 Å². The molecule has 0 aliphatic carbocycles. The number of hydrogen-bond acceptors (Lipinski definition) is 4. The second-order valence-corrected chi connectivity index (χ2v) is 6.28. The van der Waals surface area contributed by atoms with E-state index < -0.39 is 0 Å². The van der Waals surface area contributed by atoms with Crippen molar-refractivity contribution in [2.75, 3.05) is 6.61 Å². The van der Waals surface area contributed by atoms with Crippen LogP contribution >= 0.6 is 15.9 Å². The van der Waals surface area contributed by atoms with Crippen molar-refractivity contribution in [2.24, 2.45) is 0 Å². The largest absolute Gasteiger partial charge is 0.395 e. The lowest BCUT2D eigenvalue weighted by molar-refractivity contribution is 0.276. The molecule has 0 radical (unpaired) electrons. The van der Waals surface area contributed by atoms with Gasteiger partial charge in [-0.2, -0.15) is 4.98 Å². The smallest absolute Gasteiger partial charge is 0.287 e. The first-order valence-corrected chi connectivity index (χ1v) is 8.23. The molecule has 0 aliphatic rings.